The maximum atomic E-state index is 10.5. The Morgan fingerprint density at radius 3 is 2.93 bits per heavy atom. The monoisotopic (exact) mass is 188 g/mol. The van der Waals surface area contributed by atoms with Crippen LogP contribution in [0.4, 0.5) is 5.69 Å². The van der Waals surface area contributed by atoms with Crippen molar-refractivity contribution < 1.29 is 4.74 Å². The number of methoxy groups -OCH3 is 1. The van der Waals surface area contributed by atoms with Crippen molar-refractivity contribution in [3.63, 3.8) is 0 Å². The van der Waals surface area contributed by atoms with Gasteiger partial charge in [-0.05, 0) is 29.4 Å². The van der Waals surface area contributed by atoms with Crippen LogP contribution in [0.5, 0.6) is 5.75 Å². The molecule has 1 aromatic carbocycles. The Kier molecular flexibility index (Phi) is 2.10. The second-order valence-corrected chi connectivity index (χ2v) is 2.78. The minimum absolute atomic E-state index is 0.335. The molecule has 14 heavy (non-hydrogen) atoms. The van der Waals surface area contributed by atoms with E-state index in [4.69, 9.17) is 4.74 Å². The first kappa shape index (κ1) is 8.62. The van der Waals surface area contributed by atoms with Gasteiger partial charge in [-0.25, -0.2) is 0 Å². The highest BCUT2D eigenvalue weighted by Crippen LogP contribution is 2.30. The lowest BCUT2D eigenvalue weighted by atomic mass is 10.2. The lowest BCUT2D eigenvalue weighted by Crippen LogP contribution is -1.86. The minimum atomic E-state index is 0.335. The van der Waals surface area contributed by atoms with Crippen molar-refractivity contribution in [2.24, 2.45) is 5.18 Å². The average Bonchev–Trinajstić information content (AvgIpc) is 2.27. The molecule has 0 amide bonds. The molecule has 0 radical (unpaired) electrons. The second kappa shape index (κ2) is 3.41. The molecule has 0 aliphatic heterocycles. The van der Waals surface area contributed by atoms with E-state index in [2.05, 4.69) is 10.2 Å². The first-order valence-electron chi connectivity index (χ1n) is 4.12. The van der Waals surface area contributed by atoms with Crippen LogP contribution in [0.15, 0.2) is 35.6 Å². The third-order valence-electron chi connectivity index (χ3n) is 2.03. The molecule has 0 fully saturated rings. The summed E-state index contributed by atoms with van der Waals surface area (Å²) in [5, 5.41) is 3.70. The Labute approximate surface area is 80.5 Å². The molecule has 0 atom stereocenters. The van der Waals surface area contributed by atoms with Gasteiger partial charge in [-0.2, -0.15) is 0 Å². The number of rotatable bonds is 2. The van der Waals surface area contributed by atoms with Crippen LogP contribution in [0, 0.1) is 4.91 Å². The summed E-state index contributed by atoms with van der Waals surface area (Å²) in [6.45, 7) is 0. The molecule has 2 aromatic rings. The van der Waals surface area contributed by atoms with Crippen LogP contribution in [-0.2, 0) is 0 Å². The molecule has 0 bridgehead atoms. The highest BCUT2D eigenvalue weighted by molar-refractivity contribution is 5.93. The average molecular weight is 188 g/mol. The second-order valence-electron chi connectivity index (χ2n) is 2.78. The highest BCUT2D eigenvalue weighted by atomic mass is 16.5. The largest absolute Gasteiger partial charge is 0.496 e. The number of benzene rings is 1. The molecule has 70 valence electrons. The van der Waals surface area contributed by atoms with Crippen molar-refractivity contribution in [1.29, 1.82) is 0 Å². The Bertz CT molecular complexity index is 483. The van der Waals surface area contributed by atoms with Crippen LogP contribution in [0.25, 0.3) is 10.9 Å². The zero-order chi connectivity index (χ0) is 9.97. The van der Waals surface area contributed by atoms with E-state index in [9.17, 15) is 4.91 Å². The molecule has 0 aliphatic carbocycles. The lowest BCUT2D eigenvalue weighted by Gasteiger charge is -2.04. The maximum absolute atomic E-state index is 10.5. The van der Waals surface area contributed by atoms with E-state index in [0.29, 0.717) is 17.0 Å². The van der Waals surface area contributed by atoms with Gasteiger partial charge in [0, 0.05) is 11.6 Å². The topological polar surface area (TPSA) is 51.5 Å². The SMILES string of the molecule is COc1ccc(N=O)c2ncccc12. The van der Waals surface area contributed by atoms with Crippen molar-refractivity contribution >= 4 is 16.6 Å². The number of hydrogen-bond acceptors (Lipinski definition) is 4. The summed E-state index contributed by atoms with van der Waals surface area (Å²) >= 11 is 0. The Morgan fingerprint density at radius 2 is 2.21 bits per heavy atom. The molecule has 4 heteroatoms. The Morgan fingerprint density at radius 1 is 1.36 bits per heavy atom. The molecule has 0 saturated carbocycles. The van der Waals surface area contributed by atoms with Gasteiger partial charge in [0.15, 0.2) is 0 Å². The van der Waals surface area contributed by atoms with Gasteiger partial charge in [-0.15, -0.1) is 4.91 Å². The summed E-state index contributed by atoms with van der Waals surface area (Å²) in [6, 6.07) is 6.94. The minimum Gasteiger partial charge on any atom is -0.496 e. The van der Waals surface area contributed by atoms with Crippen molar-refractivity contribution in [3.8, 4) is 5.75 Å². The van der Waals surface area contributed by atoms with E-state index >= 15 is 0 Å². The maximum Gasteiger partial charge on any atom is 0.134 e. The Balaban J connectivity index is 2.84. The van der Waals surface area contributed by atoms with Crippen molar-refractivity contribution in [1.82, 2.24) is 4.98 Å². The van der Waals surface area contributed by atoms with E-state index in [1.54, 1.807) is 31.5 Å². The molecule has 0 N–H and O–H groups in total. The van der Waals surface area contributed by atoms with Crippen molar-refractivity contribution in [3.05, 3.63) is 35.4 Å². The fourth-order valence-electron chi connectivity index (χ4n) is 1.38. The van der Waals surface area contributed by atoms with Gasteiger partial charge in [-0.1, -0.05) is 0 Å². The van der Waals surface area contributed by atoms with E-state index < -0.39 is 0 Å². The van der Waals surface area contributed by atoms with Gasteiger partial charge in [-0.3, -0.25) is 4.98 Å². The van der Waals surface area contributed by atoms with Gasteiger partial charge in [0.25, 0.3) is 0 Å². The lowest BCUT2D eigenvalue weighted by molar-refractivity contribution is 0.420. The van der Waals surface area contributed by atoms with Gasteiger partial charge in [0.2, 0.25) is 0 Å². The van der Waals surface area contributed by atoms with Crippen LogP contribution in [0.1, 0.15) is 0 Å². The first-order chi connectivity index (χ1) is 6.86. The summed E-state index contributed by atoms with van der Waals surface area (Å²) in [6.07, 6.45) is 1.62. The van der Waals surface area contributed by atoms with Crippen molar-refractivity contribution in [2.75, 3.05) is 7.11 Å². The first-order valence-corrected chi connectivity index (χ1v) is 4.12. The number of fused-ring (bicyclic) bond motifs is 1. The van der Waals surface area contributed by atoms with E-state index in [-0.39, 0.29) is 0 Å². The summed E-state index contributed by atoms with van der Waals surface area (Å²) in [4.78, 5) is 14.6. The van der Waals surface area contributed by atoms with Crippen LogP contribution in [0.2, 0.25) is 0 Å². The smallest absolute Gasteiger partial charge is 0.134 e. The molecular weight excluding hydrogens is 180 g/mol. The van der Waals surface area contributed by atoms with Crippen LogP contribution >= 0.6 is 0 Å². The van der Waals surface area contributed by atoms with Crippen LogP contribution in [-0.4, -0.2) is 12.1 Å². The molecule has 0 aliphatic rings. The normalized spacial score (nSPS) is 10.1. The number of hydrogen-bond donors (Lipinski definition) is 0. The molecule has 1 heterocycles. The van der Waals surface area contributed by atoms with Gasteiger partial charge >= 0.3 is 0 Å². The Hall–Kier alpha value is -1.97. The fraction of sp³-hybridized carbons (Fsp3) is 0.100. The molecular formula is C10H8N2O2. The molecule has 0 spiro atoms. The number of aromatic nitrogens is 1. The van der Waals surface area contributed by atoms with E-state index in [0.717, 1.165) is 5.39 Å². The van der Waals surface area contributed by atoms with Gasteiger partial charge in [0.05, 0.1) is 7.11 Å². The molecule has 0 unspecified atom stereocenters. The van der Waals surface area contributed by atoms with Gasteiger partial charge in [0.1, 0.15) is 17.0 Å². The van der Waals surface area contributed by atoms with Crippen LogP contribution in [0.3, 0.4) is 0 Å². The number of nitrogens with zero attached hydrogens (tertiary/aromatic N) is 2. The quantitative estimate of drug-likeness (QED) is 0.680. The summed E-state index contributed by atoms with van der Waals surface area (Å²) in [7, 11) is 1.58. The summed E-state index contributed by atoms with van der Waals surface area (Å²) in [5.74, 6) is 0.695. The number of pyridine rings is 1. The third-order valence-corrected chi connectivity index (χ3v) is 2.03. The zero-order valence-electron chi connectivity index (χ0n) is 7.60. The fourth-order valence-corrected chi connectivity index (χ4v) is 1.38. The summed E-state index contributed by atoms with van der Waals surface area (Å²) < 4.78 is 5.14. The standard InChI is InChI=1S/C10H8N2O2/c1-14-9-5-4-8(12-13)10-7(9)3-2-6-11-10/h2-6H,1H3. The summed E-state index contributed by atoms with van der Waals surface area (Å²) in [5.41, 5.74) is 0.906. The van der Waals surface area contributed by atoms with E-state index in [1.807, 2.05) is 6.07 Å². The number of nitroso groups, excluding NO2 is 1. The van der Waals surface area contributed by atoms with Crippen LogP contribution < -0.4 is 4.74 Å². The predicted molar refractivity (Wildman–Crippen MR) is 53.8 cm³/mol. The zero-order valence-corrected chi connectivity index (χ0v) is 7.60. The third kappa shape index (κ3) is 1.21. The highest BCUT2D eigenvalue weighted by Gasteiger charge is 2.06. The molecule has 2 rings (SSSR count). The molecule has 0 saturated heterocycles. The van der Waals surface area contributed by atoms with E-state index in [1.165, 1.54) is 0 Å². The predicted octanol–water partition coefficient (Wildman–Crippen LogP) is 2.64. The van der Waals surface area contributed by atoms with Gasteiger partial charge < -0.3 is 4.74 Å². The number of ether oxygens (including phenoxy) is 1. The molecule has 1 aromatic heterocycles. The molecule has 4 nitrogen and oxygen atoms in total. The van der Waals surface area contributed by atoms with Crippen molar-refractivity contribution in [2.45, 2.75) is 0 Å².